The third-order valence-corrected chi connectivity index (χ3v) is 14.9. The van der Waals surface area contributed by atoms with Gasteiger partial charge in [0, 0.05) is 6.54 Å². The molecule has 0 spiro atoms. The predicted octanol–water partition coefficient (Wildman–Crippen LogP) is -16.3. The van der Waals surface area contributed by atoms with Crippen molar-refractivity contribution >= 4 is 0 Å². The van der Waals surface area contributed by atoms with Crippen LogP contribution in [0.1, 0.15) is 0 Å². The van der Waals surface area contributed by atoms with Gasteiger partial charge in [-0.3, -0.25) is 0 Å². The number of hydrogen-bond acceptors (Lipinski definition) is 37. The SMILES string of the molecule is NCCO[C@H]1O[C@H](CO[C@H]2O[C@H](CO)[C@@H](O)[C@H](O)[C@@H]2O[C@H]2O[C@H](CO)[C@@H](O)[C@H](O)[C@@H]2O[C@H]2O[C@H](CO)[C@@H](O)[C@H](O)[C@@H]2O)[C@@H](O)[C@H](O[C@H]2O[C@H](CO)[C@@H](O)[C@H](O)[C@@H]2O[C@H]2O[C@H](CO)[C@@H](O)[C@H](O)[C@@H]2O[C@H]2O[C@H](CO)[C@@H](O)[C@H](O)[C@@H]2O)[C@@H]1O. The summed E-state index contributed by atoms with van der Waals surface area (Å²) in [5, 5.41) is 236. The zero-order valence-corrected chi connectivity index (χ0v) is 42.7. The van der Waals surface area contributed by atoms with Gasteiger partial charge in [0.15, 0.2) is 44.0 Å². The fourth-order valence-electron chi connectivity index (χ4n) is 10.1. The second-order valence-corrected chi connectivity index (χ2v) is 20.2. The van der Waals surface area contributed by atoms with Crippen molar-refractivity contribution in [1.29, 1.82) is 0 Å². The number of nitrogens with two attached hydrogens (primary N) is 1. The lowest BCUT2D eigenvalue weighted by atomic mass is 9.95. The molecule has 7 saturated heterocycles. The molecule has 0 aliphatic carbocycles. The number of rotatable bonds is 22. The van der Waals surface area contributed by atoms with Gasteiger partial charge in [-0.15, -0.1) is 0 Å². The van der Waals surface area contributed by atoms with Gasteiger partial charge < -0.3 is 184 Å². The van der Waals surface area contributed by atoms with E-state index in [1.807, 2.05) is 0 Å². The molecule has 7 rings (SSSR count). The third-order valence-electron chi connectivity index (χ3n) is 14.9. The van der Waals surface area contributed by atoms with E-state index in [0.29, 0.717) is 0 Å². The van der Waals surface area contributed by atoms with E-state index in [0.717, 1.165) is 0 Å². The number of aliphatic hydroxyl groups is 22. The zero-order valence-electron chi connectivity index (χ0n) is 42.7. The van der Waals surface area contributed by atoms with E-state index >= 15 is 0 Å². The number of aliphatic hydroxyl groups excluding tert-OH is 22. The molecule has 0 aromatic rings. The lowest BCUT2D eigenvalue weighted by Crippen LogP contribution is -2.68. The van der Waals surface area contributed by atoms with Crippen LogP contribution in [0.25, 0.3) is 0 Å². The van der Waals surface area contributed by atoms with Crippen LogP contribution >= 0.6 is 0 Å². The van der Waals surface area contributed by atoms with E-state index in [1.165, 1.54) is 0 Å². The molecule has 81 heavy (non-hydrogen) atoms. The summed E-state index contributed by atoms with van der Waals surface area (Å²) in [6.07, 6.45) is -69.3. The van der Waals surface area contributed by atoms with E-state index in [-0.39, 0.29) is 13.2 Å². The molecule has 0 aromatic carbocycles. The molecule has 24 N–H and O–H groups in total. The minimum absolute atomic E-state index is 0.195. The van der Waals surface area contributed by atoms with Crippen LogP contribution in [-0.4, -0.2) is 387 Å². The second kappa shape index (κ2) is 29.5. The normalized spacial score (nSPS) is 52.0. The minimum Gasteiger partial charge on any atom is -0.394 e. The number of ether oxygens (including phenoxy) is 14. The Hall–Kier alpha value is -1.48. The largest absolute Gasteiger partial charge is 0.394 e. The summed E-state index contributed by atoms with van der Waals surface area (Å²) in [5.74, 6) is 0. The topological polar surface area (TPSA) is 600 Å². The molecule has 7 heterocycles. The Morgan fingerprint density at radius 1 is 0.247 bits per heavy atom. The molecule has 37 nitrogen and oxygen atoms in total. The first-order chi connectivity index (χ1) is 38.5. The molecule has 0 unspecified atom stereocenters. The lowest BCUT2D eigenvalue weighted by molar-refractivity contribution is -0.406. The smallest absolute Gasteiger partial charge is 0.187 e. The van der Waals surface area contributed by atoms with Crippen molar-refractivity contribution in [2.75, 3.05) is 59.4 Å². The molecule has 474 valence electrons. The van der Waals surface area contributed by atoms with Crippen LogP contribution in [0.3, 0.4) is 0 Å². The van der Waals surface area contributed by atoms with Crippen molar-refractivity contribution in [3.63, 3.8) is 0 Å². The molecular formula is C44H77NO36. The minimum atomic E-state index is -2.22. The maximum Gasteiger partial charge on any atom is 0.187 e. The molecule has 7 fully saturated rings. The van der Waals surface area contributed by atoms with Crippen LogP contribution in [0.4, 0.5) is 0 Å². The van der Waals surface area contributed by atoms with Crippen LogP contribution in [-0.2, 0) is 66.3 Å². The van der Waals surface area contributed by atoms with Gasteiger partial charge in [0.05, 0.1) is 52.9 Å². The first kappa shape index (κ1) is 67.0. The summed E-state index contributed by atoms with van der Waals surface area (Å²) < 4.78 is 80.4. The van der Waals surface area contributed by atoms with Crippen LogP contribution in [0, 0.1) is 0 Å². The first-order valence-electron chi connectivity index (χ1n) is 25.8. The molecule has 0 radical (unpaired) electrons. The summed E-state index contributed by atoms with van der Waals surface area (Å²) in [6, 6.07) is 0. The van der Waals surface area contributed by atoms with Crippen LogP contribution < -0.4 is 5.73 Å². The van der Waals surface area contributed by atoms with Gasteiger partial charge in [-0.05, 0) is 0 Å². The zero-order chi connectivity index (χ0) is 59.5. The fraction of sp³-hybridized carbons (Fsp3) is 1.00. The lowest BCUT2D eigenvalue weighted by Gasteiger charge is -2.50. The van der Waals surface area contributed by atoms with Crippen molar-refractivity contribution < 1.29 is 179 Å². The van der Waals surface area contributed by atoms with Crippen LogP contribution in [0.2, 0.25) is 0 Å². The summed E-state index contributed by atoms with van der Waals surface area (Å²) in [5.41, 5.74) is 5.66. The molecule has 7 aliphatic rings. The van der Waals surface area contributed by atoms with Gasteiger partial charge in [0.1, 0.15) is 171 Å². The molecule has 0 amide bonds. The van der Waals surface area contributed by atoms with Crippen LogP contribution in [0.5, 0.6) is 0 Å². The quantitative estimate of drug-likeness (QED) is 0.0479. The van der Waals surface area contributed by atoms with Crippen molar-refractivity contribution in [3.8, 4) is 0 Å². The molecule has 7 aliphatic heterocycles. The van der Waals surface area contributed by atoms with Crippen molar-refractivity contribution in [2.45, 2.75) is 215 Å². The van der Waals surface area contributed by atoms with E-state index in [4.69, 9.17) is 72.0 Å². The van der Waals surface area contributed by atoms with Crippen molar-refractivity contribution in [1.82, 2.24) is 0 Å². The highest BCUT2D eigenvalue weighted by Crippen LogP contribution is 2.38. The Labute approximate surface area is 458 Å². The standard InChI is InChI=1S/C44H77NO36/c45-1-2-68-38-32(67)33(77-42-37(29(64)22(57)13(6-49)73-42)81-44-36(28(63)21(56)15(8-51)75-44)79-40-31(66)25(60)18(53)11(4-47)71-40)23(58)16(76-38)9-69-41-34(26(61)19(54)12(5-48)72-41)80-43-35(27(62)20(55)14(7-50)74-43)78-39-30(65)24(59)17(52)10(3-46)70-39/h10-44,46-67H,1-9,45H2/t10-,11-,12-,13-,14-,15-,16-,17-,18-,19-,20-,21-,22-,23-,24+,25+,26+,27+,28+,29+,30+,31+,32+,33+,34+,35+,36+,37+,38+,39-,40-,41+,42-,43-,44-/m1/s1. The van der Waals surface area contributed by atoms with Gasteiger partial charge in [-0.25, -0.2) is 0 Å². The molecule has 0 saturated carbocycles. The maximum atomic E-state index is 12.0. The van der Waals surface area contributed by atoms with E-state index < -0.39 is 261 Å². The third kappa shape index (κ3) is 14.3. The second-order valence-electron chi connectivity index (χ2n) is 20.2. The average molecular weight is 1200 g/mol. The van der Waals surface area contributed by atoms with Gasteiger partial charge >= 0.3 is 0 Å². The highest BCUT2D eigenvalue weighted by Gasteiger charge is 2.58. The van der Waals surface area contributed by atoms with E-state index in [2.05, 4.69) is 0 Å². The molecule has 0 aromatic heterocycles. The summed E-state index contributed by atoms with van der Waals surface area (Å²) >= 11 is 0. The molecule has 37 heteroatoms. The maximum absolute atomic E-state index is 12.0. The first-order valence-corrected chi connectivity index (χ1v) is 25.8. The summed E-state index contributed by atoms with van der Waals surface area (Å²) in [7, 11) is 0. The highest BCUT2D eigenvalue weighted by atomic mass is 16.8. The van der Waals surface area contributed by atoms with Gasteiger partial charge in [-0.2, -0.15) is 0 Å². The summed E-state index contributed by atoms with van der Waals surface area (Å²) in [4.78, 5) is 0. The van der Waals surface area contributed by atoms with E-state index in [9.17, 15) is 112 Å². The summed E-state index contributed by atoms with van der Waals surface area (Å²) in [6.45, 7) is -7.35. The Kier molecular flexibility index (Phi) is 24.4. The Balaban J connectivity index is 1.14. The Morgan fingerprint density at radius 2 is 0.519 bits per heavy atom. The van der Waals surface area contributed by atoms with Crippen molar-refractivity contribution in [3.05, 3.63) is 0 Å². The van der Waals surface area contributed by atoms with Gasteiger partial charge in [0.25, 0.3) is 0 Å². The van der Waals surface area contributed by atoms with Crippen LogP contribution in [0.15, 0.2) is 0 Å². The molecule has 35 atom stereocenters. The van der Waals surface area contributed by atoms with Gasteiger partial charge in [0.2, 0.25) is 0 Å². The Bertz CT molecular complexity index is 1880. The monoisotopic (exact) mass is 1200 g/mol. The van der Waals surface area contributed by atoms with Crippen molar-refractivity contribution in [2.24, 2.45) is 5.73 Å². The average Bonchev–Trinajstić information content (AvgIpc) is 3.64. The highest BCUT2D eigenvalue weighted by molar-refractivity contribution is 5.00. The fourth-order valence-corrected chi connectivity index (χ4v) is 10.1. The predicted molar refractivity (Wildman–Crippen MR) is 245 cm³/mol. The van der Waals surface area contributed by atoms with Gasteiger partial charge in [-0.1, -0.05) is 0 Å². The Morgan fingerprint density at radius 3 is 0.852 bits per heavy atom. The van der Waals surface area contributed by atoms with E-state index in [1.54, 1.807) is 0 Å². The molecule has 0 bridgehead atoms. The number of hydrogen-bond donors (Lipinski definition) is 23. The molecular weight excluding hydrogens is 1120 g/mol.